The van der Waals surface area contributed by atoms with Crippen molar-refractivity contribution in [1.29, 1.82) is 0 Å². The SMILES string of the molecule is CCCCC(C)(CCCC)CN1CCCC(N)C1. The molecule has 0 spiro atoms. The maximum atomic E-state index is 6.10. The molecule has 0 amide bonds. The Kier molecular flexibility index (Phi) is 7.25. The van der Waals surface area contributed by atoms with Crippen molar-refractivity contribution < 1.29 is 0 Å². The van der Waals surface area contributed by atoms with Crippen molar-refractivity contribution in [3.8, 4) is 0 Å². The predicted octanol–water partition coefficient (Wildman–Crippen LogP) is 3.80. The molecular formula is C16H34N2. The summed E-state index contributed by atoms with van der Waals surface area (Å²) in [4.78, 5) is 2.62. The van der Waals surface area contributed by atoms with E-state index in [2.05, 4.69) is 25.7 Å². The summed E-state index contributed by atoms with van der Waals surface area (Å²) in [6, 6.07) is 0.417. The van der Waals surface area contributed by atoms with Gasteiger partial charge in [0.15, 0.2) is 0 Å². The number of piperidine rings is 1. The Morgan fingerprint density at radius 2 is 1.78 bits per heavy atom. The van der Waals surface area contributed by atoms with Crippen molar-refractivity contribution in [2.75, 3.05) is 19.6 Å². The molecule has 0 aromatic carbocycles. The molecule has 1 unspecified atom stereocenters. The van der Waals surface area contributed by atoms with Crippen LogP contribution in [0.3, 0.4) is 0 Å². The molecule has 0 aromatic rings. The lowest BCUT2D eigenvalue weighted by atomic mass is 9.79. The highest BCUT2D eigenvalue weighted by Gasteiger charge is 2.28. The quantitative estimate of drug-likeness (QED) is 0.714. The molecule has 1 atom stereocenters. The molecule has 0 bridgehead atoms. The normalized spacial score (nSPS) is 22.3. The van der Waals surface area contributed by atoms with Gasteiger partial charge < -0.3 is 10.6 Å². The van der Waals surface area contributed by atoms with Gasteiger partial charge in [-0.25, -0.2) is 0 Å². The first-order chi connectivity index (χ1) is 8.59. The minimum absolute atomic E-state index is 0.417. The predicted molar refractivity (Wildman–Crippen MR) is 80.8 cm³/mol. The van der Waals surface area contributed by atoms with E-state index in [0.717, 1.165) is 6.54 Å². The largest absolute Gasteiger partial charge is 0.327 e. The van der Waals surface area contributed by atoms with Gasteiger partial charge in [0.05, 0.1) is 0 Å². The Morgan fingerprint density at radius 3 is 2.28 bits per heavy atom. The number of likely N-dealkylation sites (tertiary alicyclic amines) is 1. The maximum absolute atomic E-state index is 6.10. The highest BCUT2D eigenvalue weighted by molar-refractivity contribution is 4.83. The summed E-state index contributed by atoms with van der Waals surface area (Å²) < 4.78 is 0. The van der Waals surface area contributed by atoms with Gasteiger partial charge in [-0.3, -0.25) is 0 Å². The molecule has 1 fully saturated rings. The van der Waals surface area contributed by atoms with Crippen molar-refractivity contribution in [2.24, 2.45) is 11.1 Å². The van der Waals surface area contributed by atoms with Gasteiger partial charge in [-0.15, -0.1) is 0 Å². The molecular weight excluding hydrogens is 220 g/mol. The molecule has 0 saturated carbocycles. The fourth-order valence-corrected chi connectivity index (χ4v) is 3.26. The van der Waals surface area contributed by atoms with E-state index in [1.807, 2.05) is 0 Å². The van der Waals surface area contributed by atoms with Crippen LogP contribution in [0.5, 0.6) is 0 Å². The Bertz CT molecular complexity index is 207. The minimum Gasteiger partial charge on any atom is -0.327 e. The zero-order valence-electron chi connectivity index (χ0n) is 12.9. The highest BCUT2D eigenvalue weighted by Crippen LogP contribution is 2.32. The Labute approximate surface area is 114 Å². The minimum atomic E-state index is 0.417. The van der Waals surface area contributed by atoms with Gasteiger partial charge >= 0.3 is 0 Å². The summed E-state index contributed by atoms with van der Waals surface area (Å²) in [5.74, 6) is 0. The highest BCUT2D eigenvalue weighted by atomic mass is 15.1. The molecule has 0 radical (unpaired) electrons. The molecule has 18 heavy (non-hydrogen) atoms. The molecule has 2 heteroatoms. The van der Waals surface area contributed by atoms with Crippen molar-refractivity contribution in [3.05, 3.63) is 0 Å². The molecule has 0 aliphatic carbocycles. The first-order valence-electron chi connectivity index (χ1n) is 8.07. The van der Waals surface area contributed by atoms with Gasteiger partial charge in [-0.2, -0.15) is 0 Å². The summed E-state index contributed by atoms with van der Waals surface area (Å²) in [7, 11) is 0. The van der Waals surface area contributed by atoms with E-state index in [0.29, 0.717) is 11.5 Å². The van der Waals surface area contributed by atoms with Crippen LogP contribution in [-0.2, 0) is 0 Å². The van der Waals surface area contributed by atoms with E-state index >= 15 is 0 Å². The number of unbranched alkanes of at least 4 members (excludes halogenated alkanes) is 2. The van der Waals surface area contributed by atoms with E-state index in [-0.39, 0.29) is 0 Å². The smallest absolute Gasteiger partial charge is 0.0168 e. The second-order valence-electron chi connectivity index (χ2n) is 6.66. The van der Waals surface area contributed by atoms with Gasteiger partial charge in [0.25, 0.3) is 0 Å². The molecule has 2 N–H and O–H groups in total. The number of nitrogens with zero attached hydrogens (tertiary/aromatic N) is 1. The molecule has 2 nitrogen and oxygen atoms in total. The van der Waals surface area contributed by atoms with Gasteiger partial charge in [0, 0.05) is 19.1 Å². The van der Waals surface area contributed by atoms with Crippen molar-refractivity contribution >= 4 is 0 Å². The van der Waals surface area contributed by atoms with E-state index in [4.69, 9.17) is 5.73 Å². The Balaban J connectivity index is 2.47. The zero-order chi connectivity index (χ0) is 13.4. The number of rotatable bonds is 8. The topological polar surface area (TPSA) is 29.3 Å². The lowest BCUT2D eigenvalue weighted by molar-refractivity contribution is 0.113. The first-order valence-corrected chi connectivity index (χ1v) is 8.07. The van der Waals surface area contributed by atoms with Crippen LogP contribution in [0, 0.1) is 5.41 Å². The van der Waals surface area contributed by atoms with Crippen LogP contribution in [0.15, 0.2) is 0 Å². The van der Waals surface area contributed by atoms with Gasteiger partial charge in [-0.05, 0) is 37.6 Å². The first kappa shape index (κ1) is 16.0. The fourth-order valence-electron chi connectivity index (χ4n) is 3.26. The van der Waals surface area contributed by atoms with Crippen molar-refractivity contribution in [1.82, 2.24) is 4.90 Å². The summed E-state index contributed by atoms with van der Waals surface area (Å²) in [6.07, 6.45) is 10.7. The third-order valence-corrected chi connectivity index (χ3v) is 4.42. The van der Waals surface area contributed by atoms with E-state index in [1.165, 1.54) is 64.5 Å². The van der Waals surface area contributed by atoms with Crippen LogP contribution < -0.4 is 5.73 Å². The molecule has 1 rings (SSSR count). The van der Waals surface area contributed by atoms with Gasteiger partial charge in [0.2, 0.25) is 0 Å². The Hall–Kier alpha value is -0.0800. The summed E-state index contributed by atoms with van der Waals surface area (Å²) >= 11 is 0. The summed E-state index contributed by atoms with van der Waals surface area (Å²) in [6.45, 7) is 10.8. The third kappa shape index (κ3) is 5.71. The zero-order valence-corrected chi connectivity index (χ0v) is 12.9. The molecule has 1 aliphatic rings. The molecule has 108 valence electrons. The van der Waals surface area contributed by atoms with E-state index in [1.54, 1.807) is 0 Å². The number of nitrogens with two attached hydrogens (primary N) is 1. The monoisotopic (exact) mass is 254 g/mol. The third-order valence-electron chi connectivity index (χ3n) is 4.42. The molecule has 1 heterocycles. The van der Waals surface area contributed by atoms with Crippen molar-refractivity contribution in [3.63, 3.8) is 0 Å². The fraction of sp³-hybridized carbons (Fsp3) is 1.00. The van der Waals surface area contributed by atoms with Crippen molar-refractivity contribution in [2.45, 2.75) is 78.2 Å². The van der Waals surface area contributed by atoms with Gasteiger partial charge in [-0.1, -0.05) is 46.5 Å². The lowest BCUT2D eigenvalue weighted by Crippen LogP contribution is -2.46. The van der Waals surface area contributed by atoms with Gasteiger partial charge in [0.1, 0.15) is 0 Å². The van der Waals surface area contributed by atoms with Crippen LogP contribution >= 0.6 is 0 Å². The summed E-state index contributed by atoms with van der Waals surface area (Å²) in [5, 5.41) is 0. The van der Waals surface area contributed by atoms with Crippen LogP contribution in [0.1, 0.15) is 72.1 Å². The van der Waals surface area contributed by atoms with Crippen LogP contribution in [0.25, 0.3) is 0 Å². The molecule has 1 aliphatic heterocycles. The molecule has 0 aromatic heterocycles. The average Bonchev–Trinajstić information content (AvgIpc) is 2.34. The second kappa shape index (κ2) is 8.16. The molecule has 1 saturated heterocycles. The van der Waals surface area contributed by atoms with Crippen LogP contribution in [0.4, 0.5) is 0 Å². The Morgan fingerprint density at radius 1 is 1.17 bits per heavy atom. The van der Waals surface area contributed by atoms with Crippen LogP contribution in [0.2, 0.25) is 0 Å². The second-order valence-corrected chi connectivity index (χ2v) is 6.66. The van der Waals surface area contributed by atoms with E-state index < -0.39 is 0 Å². The maximum Gasteiger partial charge on any atom is 0.0168 e. The average molecular weight is 254 g/mol. The lowest BCUT2D eigenvalue weighted by Gasteiger charge is -2.39. The van der Waals surface area contributed by atoms with Crippen LogP contribution in [-0.4, -0.2) is 30.6 Å². The standard InChI is InChI=1S/C16H34N2/c1-4-6-10-16(3,11-7-5-2)14-18-12-8-9-15(17)13-18/h15H,4-14,17H2,1-3H3. The number of hydrogen-bond donors (Lipinski definition) is 1. The number of hydrogen-bond acceptors (Lipinski definition) is 2. The summed E-state index contributed by atoms with van der Waals surface area (Å²) in [5.41, 5.74) is 6.62. The van der Waals surface area contributed by atoms with E-state index in [9.17, 15) is 0 Å².